The summed E-state index contributed by atoms with van der Waals surface area (Å²) in [6, 6.07) is 3.40. The molecule has 0 spiro atoms. The molecule has 1 aliphatic heterocycles. The second-order valence-electron chi connectivity index (χ2n) is 6.99. The highest BCUT2D eigenvalue weighted by Gasteiger charge is 2.32. The highest BCUT2D eigenvalue weighted by molar-refractivity contribution is 7.92. The number of pyridine rings is 1. The minimum absolute atomic E-state index is 0.0379. The first-order chi connectivity index (χ1) is 12.4. The van der Waals surface area contributed by atoms with E-state index in [-0.39, 0.29) is 17.8 Å². The standard InChI is InChI=1S/C18H27N3O4S/c1-3-26(23,24)20(2)15-7-8-17(19-13-15)25-16-9-11-21(12-10-16)18(22)14-5-4-6-14/h7-8,13-14,16H,3-6,9-12H2,1-2H3. The number of anilines is 1. The van der Waals surface area contributed by atoms with E-state index in [1.54, 1.807) is 19.1 Å². The van der Waals surface area contributed by atoms with E-state index in [0.717, 1.165) is 38.8 Å². The monoisotopic (exact) mass is 381 g/mol. The van der Waals surface area contributed by atoms with Gasteiger partial charge in [-0.15, -0.1) is 0 Å². The van der Waals surface area contributed by atoms with Crippen LogP contribution in [0.1, 0.15) is 39.0 Å². The number of piperidine rings is 1. The van der Waals surface area contributed by atoms with Crippen LogP contribution in [0.3, 0.4) is 0 Å². The van der Waals surface area contributed by atoms with Gasteiger partial charge in [0.1, 0.15) is 6.10 Å². The number of rotatable bonds is 6. The van der Waals surface area contributed by atoms with Crippen LogP contribution >= 0.6 is 0 Å². The molecule has 8 heteroatoms. The van der Waals surface area contributed by atoms with Crippen molar-refractivity contribution < 1.29 is 17.9 Å². The number of aromatic nitrogens is 1. The van der Waals surface area contributed by atoms with Gasteiger partial charge in [-0.1, -0.05) is 6.42 Å². The summed E-state index contributed by atoms with van der Waals surface area (Å²) in [5.74, 6) is 1.08. The second-order valence-corrected chi connectivity index (χ2v) is 9.28. The number of hydrogen-bond donors (Lipinski definition) is 0. The van der Waals surface area contributed by atoms with Crippen LogP contribution in [-0.4, -0.2) is 56.2 Å². The van der Waals surface area contributed by atoms with Gasteiger partial charge in [-0.05, 0) is 25.8 Å². The topological polar surface area (TPSA) is 79.8 Å². The van der Waals surface area contributed by atoms with Crippen LogP contribution in [-0.2, 0) is 14.8 Å². The van der Waals surface area contributed by atoms with E-state index in [4.69, 9.17) is 4.74 Å². The third kappa shape index (κ3) is 4.11. The Balaban J connectivity index is 1.51. The van der Waals surface area contributed by atoms with Crippen LogP contribution in [0.25, 0.3) is 0 Å². The van der Waals surface area contributed by atoms with E-state index in [2.05, 4.69) is 4.98 Å². The lowest BCUT2D eigenvalue weighted by molar-refractivity contribution is -0.140. The van der Waals surface area contributed by atoms with Gasteiger partial charge in [-0.25, -0.2) is 13.4 Å². The van der Waals surface area contributed by atoms with Gasteiger partial charge in [-0.2, -0.15) is 0 Å². The molecule has 1 aromatic rings. The Bertz CT molecular complexity index is 723. The van der Waals surface area contributed by atoms with Gasteiger partial charge in [0.05, 0.1) is 17.6 Å². The normalized spacial score (nSPS) is 19.1. The molecule has 26 heavy (non-hydrogen) atoms. The first-order valence-electron chi connectivity index (χ1n) is 9.29. The molecule has 0 N–H and O–H groups in total. The summed E-state index contributed by atoms with van der Waals surface area (Å²) in [7, 11) is -1.78. The molecular weight excluding hydrogens is 354 g/mol. The molecule has 2 fully saturated rings. The molecule has 7 nitrogen and oxygen atoms in total. The van der Waals surface area contributed by atoms with Crippen molar-refractivity contribution >= 4 is 21.6 Å². The molecule has 2 heterocycles. The highest BCUT2D eigenvalue weighted by Crippen LogP contribution is 2.29. The van der Waals surface area contributed by atoms with Crippen LogP contribution in [0.15, 0.2) is 18.3 Å². The Labute approximate surface area is 155 Å². The number of likely N-dealkylation sites (tertiary alicyclic amines) is 1. The van der Waals surface area contributed by atoms with Crippen molar-refractivity contribution in [3.63, 3.8) is 0 Å². The van der Waals surface area contributed by atoms with Crippen LogP contribution in [0, 0.1) is 5.92 Å². The molecule has 3 rings (SSSR count). The zero-order valence-corrected chi connectivity index (χ0v) is 16.2. The summed E-state index contributed by atoms with van der Waals surface area (Å²) < 4.78 is 30.9. The molecular formula is C18H27N3O4S. The van der Waals surface area contributed by atoms with Gasteiger partial charge >= 0.3 is 0 Å². The number of hydrogen-bond acceptors (Lipinski definition) is 5. The van der Waals surface area contributed by atoms with Crippen molar-refractivity contribution in [2.45, 2.75) is 45.1 Å². The van der Waals surface area contributed by atoms with Crippen LogP contribution in [0.2, 0.25) is 0 Å². The molecule has 144 valence electrons. The fourth-order valence-corrected chi connectivity index (χ4v) is 4.08. The van der Waals surface area contributed by atoms with Crippen LogP contribution < -0.4 is 9.04 Å². The lowest BCUT2D eigenvalue weighted by atomic mass is 9.84. The zero-order valence-electron chi connectivity index (χ0n) is 15.4. The summed E-state index contributed by atoms with van der Waals surface area (Å²) in [5.41, 5.74) is 0.514. The van der Waals surface area contributed by atoms with E-state index in [1.165, 1.54) is 24.0 Å². The number of nitrogens with zero attached hydrogens (tertiary/aromatic N) is 3. The van der Waals surface area contributed by atoms with E-state index in [1.807, 2.05) is 4.90 Å². The fraction of sp³-hybridized carbons (Fsp3) is 0.667. The summed E-state index contributed by atoms with van der Waals surface area (Å²) in [4.78, 5) is 18.5. The predicted octanol–water partition coefficient (Wildman–Crippen LogP) is 2.04. The smallest absolute Gasteiger partial charge is 0.234 e. The van der Waals surface area contributed by atoms with Gasteiger partial charge in [0.2, 0.25) is 21.8 Å². The van der Waals surface area contributed by atoms with Crippen LogP contribution in [0.5, 0.6) is 5.88 Å². The molecule has 0 aromatic carbocycles. The predicted molar refractivity (Wildman–Crippen MR) is 99.7 cm³/mol. The Morgan fingerprint density at radius 3 is 2.46 bits per heavy atom. The third-order valence-corrected chi connectivity index (χ3v) is 7.14. The maximum atomic E-state index is 12.3. The zero-order chi connectivity index (χ0) is 18.7. The Morgan fingerprint density at radius 1 is 1.27 bits per heavy atom. The van der Waals surface area contributed by atoms with Gasteiger partial charge < -0.3 is 9.64 Å². The third-order valence-electron chi connectivity index (χ3n) is 5.36. The van der Waals surface area contributed by atoms with Crippen molar-refractivity contribution in [2.24, 2.45) is 5.92 Å². The van der Waals surface area contributed by atoms with Gasteiger partial charge in [0.25, 0.3) is 0 Å². The number of carbonyl (C=O) groups is 1. The van der Waals surface area contributed by atoms with E-state index < -0.39 is 10.0 Å². The average molecular weight is 381 g/mol. The Morgan fingerprint density at radius 2 is 1.96 bits per heavy atom. The Kier molecular flexibility index (Phi) is 5.70. The summed E-state index contributed by atoms with van der Waals surface area (Å²) >= 11 is 0. The number of amides is 1. The van der Waals surface area contributed by atoms with Crippen molar-refractivity contribution in [2.75, 3.05) is 30.2 Å². The highest BCUT2D eigenvalue weighted by atomic mass is 32.2. The summed E-state index contributed by atoms with van der Waals surface area (Å²) in [6.07, 6.45) is 6.39. The molecule has 0 unspecified atom stereocenters. The van der Waals surface area contributed by atoms with Gasteiger partial charge in [0, 0.05) is 45.0 Å². The lowest BCUT2D eigenvalue weighted by Gasteiger charge is -2.36. The molecule has 1 aliphatic carbocycles. The first kappa shape index (κ1) is 18.9. The minimum atomic E-state index is -3.30. The maximum Gasteiger partial charge on any atom is 0.234 e. The maximum absolute atomic E-state index is 12.3. The van der Waals surface area contributed by atoms with Gasteiger partial charge in [-0.3, -0.25) is 9.10 Å². The molecule has 1 saturated heterocycles. The van der Waals surface area contributed by atoms with E-state index in [9.17, 15) is 13.2 Å². The van der Waals surface area contributed by atoms with Crippen molar-refractivity contribution in [1.82, 2.24) is 9.88 Å². The molecule has 1 saturated carbocycles. The van der Waals surface area contributed by atoms with E-state index in [0.29, 0.717) is 17.5 Å². The number of sulfonamides is 1. The average Bonchev–Trinajstić information content (AvgIpc) is 2.61. The van der Waals surface area contributed by atoms with Crippen molar-refractivity contribution in [3.8, 4) is 5.88 Å². The summed E-state index contributed by atoms with van der Waals surface area (Å²) in [5, 5.41) is 0. The largest absolute Gasteiger partial charge is 0.474 e. The first-order valence-corrected chi connectivity index (χ1v) is 10.9. The molecule has 2 aliphatic rings. The lowest BCUT2D eigenvalue weighted by Crippen LogP contribution is -2.45. The number of carbonyl (C=O) groups excluding carboxylic acids is 1. The van der Waals surface area contributed by atoms with Gasteiger partial charge in [0.15, 0.2) is 0 Å². The van der Waals surface area contributed by atoms with E-state index >= 15 is 0 Å². The molecule has 0 atom stereocenters. The van der Waals surface area contributed by atoms with Crippen molar-refractivity contribution in [1.29, 1.82) is 0 Å². The minimum Gasteiger partial charge on any atom is -0.474 e. The quantitative estimate of drug-likeness (QED) is 0.753. The molecule has 1 amide bonds. The SMILES string of the molecule is CCS(=O)(=O)N(C)c1ccc(OC2CCN(C(=O)C3CCC3)CC2)nc1. The number of ether oxygens (including phenoxy) is 1. The van der Waals surface area contributed by atoms with Crippen LogP contribution in [0.4, 0.5) is 5.69 Å². The molecule has 0 bridgehead atoms. The fourth-order valence-electron chi connectivity index (χ4n) is 3.26. The molecule has 1 aromatic heterocycles. The second kappa shape index (κ2) is 7.82. The van der Waals surface area contributed by atoms with Crippen molar-refractivity contribution in [3.05, 3.63) is 18.3 Å². The summed E-state index contributed by atoms with van der Waals surface area (Å²) in [6.45, 7) is 3.07. The Hall–Kier alpha value is -1.83. The molecule has 0 radical (unpaired) electrons.